The van der Waals surface area contributed by atoms with Crippen molar-refractivity contribution in [3.8, 4) is 16.9 Å². The summed E-state index contributed by atoms with van der Waals surface area (Å²) in [7, 11) is 0. The Labute approximate surface area is 211 Å². The third-order valence-electron chi connectivity index (χ3n) is 9.25. The van der Waals surface area contributed by atoms with Crippen LogP contribution in [-0.4, -0.2) is 22.2 Å². The van der Waals surface area contributed by atoms with Gasteiger partial charge in [-0.25, -0.2) is 13.5 Å². The molecule has 2 bridgehead atoms. The van der Waals surface area contributed by atoms with E-state index in [4.69, 9.17) is 0 Å². The number of nitrogens with zero attached hydrogens (tertiary/aromatic N) is 2. The third kappa shape index (κ3) is 3.68. The van der Waals surface area contributed by atoms with Crippen molar-refractivity contribution in [1.82, 2.24) is 15.1 Å². The number of carbonyl (C=O) groups is 1. The predicted octanol–water partition coefficient (Wildman–Crippen LogP) is 6.42. The number of nitrogens with one attached hydrogen (secondary N) is 1. The van der Waals surface area contributed by atoms with Gasteiger partial charge in [-0.15, -0.1) is 0 Å². The molecule has 3 unspecified atom stereocenters. The average molecular weight is 490 g/mol. The standard InChI is InChI=1S/C30H33F2N3O/c1-17-7-11-22-18(13-17)5-4-6-23-27(34-35(28(22)23)26-12-10-21(31)15-25(26)32)29(36)33-16-19-8-9-20-14-24(19)30(20,2)3/h7,10-13,15,19-20,24H,4-6,8-9,14,16H2,1-3H3,(H,33,36). The van der Waals surface area contributed by atoms with Crippen molar-refractivity contribution in [3.05, 3.63) is 70.4 Å². The van der Waals surface area contributed by atoms with Crippen LogP contribution in [0.4, 0.5) is 8.78 Å². The number of benzene rings is 2. The van der Waals surface area contributed by atoms with E-state index in [0.717, 1.165) is 59.2 Å². The van der Waals surface area contributed by atoms with Crippen LogP contribution in [0, 0.1) is 41.7 Å². The summed E-state index contributed by atoms with van der Waals surface area (Å²) in [5.74, 6) is 0.395. The maximum Gasteiger partial charge on any atom is 0.272 e. The van der Waals surface area contributed by atoms with Crippen LogP contribution in [-0.2, 0) is 12.8 Å². The molecule has 3 fully saturated rings. The zero-order valence-electron chi connectivity index (χ0n) is 21.2. The van der Waals surface area contributed by atoms with E-state index >= 15 is 0 Å². The SMILES string of the molecule is Cc1ccc2c(c1)CCCc1c(C(=O)NCC3CCC4CC3C4(C)C)nn(-c3ccc(F)cc3F)c1-2. The van der Waals surface area contributed by atoms with Gasteiger partial charge in [-0.3, -0.25) is 4.79 Å². The van der Waals surface area contributed by atoms with Gasteiger partial charge >= 0.3 is 0 Å². The Morgan fingerprint density at radius 1 is 1.14 bits per heavy atom. The highest BCUT2D eigenvalue weighted by molar-refractivity contribution is 5.96. The van der Waals surface area contributed by atoms with Crippen molar-refractivity contribution in [2.75, 3.05) is 6.54 Å². The fourth-order valence-electron chi connectivity index (χ4n) is 7.10. The highest BCUT2D eigenvalue weighted by atomic mass is 19.1. The van der Waals surface area contributed by atoms with Gasteiger partial charge in [0.25, 0.3) is 5.91 Å². The smallest absolute Gasteiger partial charge is 0.272 e. The lowest BCUT2D eigenvalue weighted by atomic mass is 9.45. The van der Waals surface area contributed by atoms with Crippen molar-refractivity contribution in [2.24, 2.45) is 23.2 Å². The van der Waals surface area contributed by atoms with Gasteiger partial charge in [0.05, 0.1) is 5.69 Å². The van der Waals surface area contributed by atoms with Crippen molar-refractivity contribution in [2.45, 2.75) is 59.3 Å². The molecule has 6 heteroatoms. The zero-order chi connectivity index (χ0) is 25.2. The van der Waals surface area contributed by atoms with Crippen LogP contribution in [0.15, 0.2) is 36.4 Å². The summed E-state index contributed by atoms with van der Waals surface area (Å²) in [6, 6.07) is 9.72. The Bertz CT molecular complexity index is 1360. The number of hydrogen-bond acceptors (Lipinski definition) is 2. The fourth-order valence-corrected chi connectivity index (χ4v) is 7.10. The number of halogens is 2. The molecule has 3 saturated carbocycles. The van der Waals surface area contributed by atoms with Crippen molar-refractivity contribution in [1.29, 1.82) is 0 Å². The summed E-state index contributed by atoms with van der Waals surface area (Å²) >= 11 is 0. The Hall–Kier alpha value is -3.02. The van der Waals surface area contributed by atoms with Crippen molar-refractivity contribution < 1.29 is 13.6 Å². The average Bonchev–Trinajstić information content (AvgIpc) is 3.11. The maximum absolute atomic E-state index is 15.0. The molecule has 0 radical (unpaired) electrons. The summed E-state index contributed by atoms with van der Waals surface area (Å²) in [4.78, 5) is 13.6. The molecule has 0 spiro atoms. The number of fused-ring (bicyclic) bond motifs is 5. The largest absolute Gasteiger partial charge is 0.350 e. The van der Waals surface area contributed by atoms with Gasteiger partial charge in [0.2, 0.25) is 0 Å². The molecule has 1 N–H and O–H groups in total. The molecule has 1 heterocycles. The third-order valence-corrected chi connectivity index (χ3v) is 9.25. The summed E-state index contributed by atoms with van der Waals surface area (Å²) in [5.41, 5.74) is 5.70. The molecule has 4 nitrogen and oxygen atoms in total. The first kappa shape index (κ1) is 23.4. The quantitative estimate of drug-likeness (QED) is 0.460. The number of hydrogen-bond donors (Lipinski definition) is 1. The first-order valence-electron chi connectivity index (χ1n) is 13.2. The van der Waals surface area contributed by atoms with E-state index in [1.165, 1.54) is 29.7 Å². The van der Waals surface area contributed by atoms with Gasteiger partial charge in [-0.05, 0) is 86.3 Å². The second-order valence-electron chi connectivity index (χ2n) is 11.6. The van der Waals surface area contributed by atoms with Gasteiger partial charge in [-0.2, -0.15) is 5.10 Å². The molecule has 36 heavy (non-hydrogen) atoms. The minimum atomic E-state index is -0.700. The second-order valence-corrected chi connectivity index (χ2v) is 11.6. The summed E-state index contributed by atoms with van der Waals surface area (Å²) in [6.45, 7) is 7.41. The lowest BCUT2D eigenvalue weighted by Gasteiger charge is -2.60. The fraction of sp³-hybridized carbons (Fsp3) is 0.467. The lowest BCUT2D eigenvalue weighted by Crippen LogP contribution is -2.54. The number of amides is 1. The Balaban J connectivity index is 1.39. The normalized spacial score (nSPS) is 23.8. The predicted molar refractivity (Wildman–Crippen MR) is 136 cm³/mol. The molecule has 0 aliphatic heterocycles. The second kappa shape index (κ2) is 8.53. The van der Waals surface area contributed by atoms with E-state index in [1.807, 2.05) is 12.1 Å². The zero-order valence-corrected chi connectivity index (χ0v) is 21.2. The highest BCUT2D eigenvalue weighted by Gasteiger charge is 2.54. The van der Waals surface area contributed by atoms with E-state index < -0.39 is 11.6 Å². The van der Waals surface area contributed by atoms with Gasteiger partial charge in [-0.1, -0.05) is 37.6 Å². The Morgan fingerprint density at radius 2 is 1.97 bits per heavy atom. The van der Waals surface area contributed by atoms with Crippen LogP contribution in [0.3, 0.4) is 0 Å². The topological polar surface area (TPSA) is 46.9 Å². The van der Waals surface area contributed by atoms with Gasteiger partial charge in [0, 0.05) is 23.7 Å². The molecule has 7 rings (SSSR count). The van der Waals surface area contributed by atoms with E-state index in [-0.39, 0.29) is 11.6 Å². The van der Waals surface area contributed by atoms with Crippen LogP contribution >= 0.6 is 0 Å². The van der Waals surface area contributed by atoms with Crippen LogP contribution in [0.1, 0.15) is 66.7 Å². The summed E-state index contributed by atoms with van der Waals surface area (Å²) < 4.78 is 30.2. The Morgan fingerprint density at radius 3 is 2.72 bits per heavy atom. The van der Waals surface area contributed by atoms with E-state index in [2.05, 4.69) is 37.3 Å². The van der Waals surface area contributed by atoms with E-state index in [1.54, 1.807) is 0 Å². The maximum atomic E-state index is 15.0. The molecular formula is C30H33F2N3O. The monoisotopic (exact) mass is 489 g/mol. The lowest BCUT2D eigenvalue weighted by molar-refractivity contribution is -0.103. The highest BCUT2D eigenvalue weighted by Crippen LogP contribution is 2.61. The van der Waals surface area contributed by atoms with Gasteiger partial charge < -0.3 is 5.32 Å². The number of rotatable bonds is 4. The van der Waals surface area contributed by atoms with Crippen LogP contribution < -0.4 is 5.32 Å². The Kier molecular flexibility index (Phi) is 5.54. The summed E-state index contributed by atoms with van der Waals surface area (Å²) in [5, 5.41) is 7.86. The molecule has 1 aromatic heterocycles. The van der Waals surface area contributed by atoms with Crippen LogP contribution in [0.2, 0.25) is 0 Å². The molecule has 4 aliphatic carbocycles. The van der Waals surface area contributed by atoms with E-state index in [9.17, 15) is 13.6 Å². The molecule has 3 aromatic rings. The molecule has 0 saturated heterocycles. The van der Waals surface area contributed by atoms with Crippen molar-refractivity contribution in [3.63, 3.8) is 0 Å². The molecule has 188 valence electrons. The minimum Gasteiger partial charge on any atom is -0.350 e. The van der Waals surface area contributed by atoms with Crippen LogP contribution in [0.5, 0.6) is 0 Å². The molecule has 4 aliphatic rings. The first-order valence-corrected chi connectivity index (χ1v) is 13.2. The van der Waals surface area contributed by atoms with Crippen LogP contribution in [0.25, 0.3) is 16.9 Å². The summed E-state index contributed by atoms with van der Waals surface area (Å²) in [6.07, 6.45) is 6.07. The van der Waals surface area contributed by atoms with Gasteiger partial charge in [0.15, 0.2) is 11.5 Å². The number of aryl methyl sites for hydroxylation is 2. The molecule has 3 atom stereocenters. The molecular weight excluding hydrogens is 456 g/mol. The first-order chi connectivity index (χ1) is 17.2. The molecule has 2 aromatic carbocycles. The minimum absolute atomic E-state index is 0.148. The number of carbonyl (C=O) groups excluding carboxylic acids is 1. The van der Waals surface area contributed by atoms with E-state index in [0.29, 0.717) is 35.9 Å². The van der Waals surface area contributed by atoms with Crippen molar-refractivity contribution >= 4 is 5.91 Å². The van der Waals surface area contributed by atoms with Gasteiger partial charge in [0.1, 0.15) is 11.5 Å². The molecule has 1 amide bonds. The number of aromatic nitrogens is 2.